The van der Waals surface area contributed by atoms with E-state index in [0.29, 0.717) is 47.9 Å². The van der Waals surface area contributed by atoms with E-state index >= 15 is 0 Å². The van der Waals surface area contributed by atoms with Gasteiger partial charge >= 0.3 is 0 Å². The van der Waals surface area contributed by atoms with Gasteiger partial charge in [0, 0.05) is 24.9 Å². The van der Waals surface area contributed by atoms with Crippen molar-refractivity contribution in [1.82, 2.24) is 4.90 Å². The minimum absolute atomic E-state index is 0.106. The van der Waals surface area contributed by atoms with E-state index in [1.165, 1.54) is 4.90 Å². The number of aryl methyl sites for hydroxylation is 1. The third-order valence-electron chi connectivity index (χ3n) is 5.13. The molecule has 2 aromatic carbocycles. The van der Waals surface area contributed by atoms with Crippen LogP contribution in [0.4, 0.5) is 5.69 Å². The maximum atomic E-state index is 13.2. The van der Waals surface area contributed by atoms with Gasteiger partial charge in [0.05, 0.1) is 11.7 Å². The van der Waals surface area contributed by atoms with Gasteiger partial charge in [-0.25, -0.2) is 0 Å². The fourth-order valence-electron chi connectivity index (χ4n) is 3.54. The minimum Gasteiger partial charge on any atom is -0.454 e. The first-order chi connectivity index (χ1) is 14.9. The van der Waals surface area contributed by atoms with Gasteiger partial charge < -0.3 is 19.5 Å². The second-order valence-corrected chi connectivity index (χ2v) is 7.84. The van der Waals surface area contributed by atoms with Crippen LogP contribution in [0.5, 0.6) is 11.5 Å². The van der Waals surface area contributed by atoms with Crippen molar-refractivity contribution in [3.8, 4) is 11.5 Å². The molecule has 7 nitrogen and oxygen atoms in total. The van der Waals surface area contributed by atoms with Crippen molar-refractivity contribution >= 4 is 23.1 Å². The first-order valence-electron chi connectivity index (χ1n) is 10.4. The molecule has 0 aliphatic carbocycles. The SMILES string of the molecule is Cc1ccc(C2=C(Nc3ccc4c(c3)OCO4)C(=O)N(CCCOC(C)C)C2=O)cc1. The maximum Gasteiger partial charge on any atom is 0.278 e. The van der Waals surface area contributed by atoms with Gasteiger partial charge in [0.15, 0.2) is 11.5 Å². The maximum absolute atomic E-state index is 13.2. The van der Waals surface area contributed by atoms with E-state index in [0.717, 1.165) is 5.56 Å². The minimum atomic E-state index is -0.345. The standard InChI is InChI=1S/C24H26N2O5/c1-15(2)29-12-4-11-26-23(27)21(17-7-5-16(3)6-8-17)22(24(26)28)25-18-9-10-19-20(13-18)31-14-30-19/h5-10,13,15,25H,4,11-12,14H2,1-3H3. The lowest BCUT2D eigenvalue weighted by Gasteiger charge is -2.16. The fraction of sp³-hybridized carbons (Fsp3) is 0.333. The fourth-order valence-corrected chi connectivity index (χ4v) is 3.54. The summed E-state index contributed by atoms with van der Waals surface area (Å²) in [4.78, 5) is 27.7. The Balaban J connectivity index is 1.62. The number of nitrogens with one attached hydrogen (secondary N) is 1. The Hall–Kier alpha value is -3.32. The van der Waals surface area contributed by atoms with Crippen LogP contribution in [0.25, 0.3) is 5.57 Å². The van der Waals surface area contributed by atoms with Crippen LogP contribution in [0.15, 0.2) is 48.2 Å². The van der Waals surface area contributed by atoms with Gasteiger partial charge in [0.25, 0.3) is 11.8 Å². The summed E-state index contributed by atoms with van der Waals surface area (Å²) in [5.41, 5.74) is 3.06. The molecule has 0 aromatic heterocycles. The summed E-state index contributed by atoms with van der Waals surface area (Å²) in [5, 5.41) is 3.15. The van der Waals surface area contributed by atoms with E-state index in [2.05, 4.69) is 5.32 Å². The van der Waals surface area contributed by atoms with Crippen molar-refractivity contribution in [2.24, 2.45) is 0 Å². The molecule has 7 heteroatoms. The molecule has 2 aliphatic heterocycles. The molecule has 2 aliphatic rings. The van der Waals surface area contributed by atoms with E-state index in [9.17, 15) is 9.59 Å². The van der Waals surface area contributed by atoms with Crippen molar-refractivity contribution in [3.63, 3.8) is 0 Å². The number of nitrogens with zero attached hydrogens (tertiary/aromatic N) is 1. The Morgan fingerprint density at radius 3 is 2.52 bits per heavy atom. The molecule has 0 unspecified atom stereocenters. The molecule has 0 radical (unpaired) electrons. The Morgan fingerprint density at radius 1 is 1.03 bits per heavy atom. The molecule has 0 atom stereocenters. The molecule has 0 bridgehead atoms. The molecule has 4 rings (SSSR count). The van der Waals surface area contributed by atoms with Gasteiger partial charge in [-0.3, -0.25) is 14.5 Å². The summed E-state index contributed by atoms with van der Waals surface area (Å²) in [6, 6.07) is 12.9. The Morgan fingerprint density at radius 2 is 1.77 bits per heavy atom. The zero-order chi connectivity index (χ0) is 22.0. The Labute approximate surface area is 181 Å². The third kappa shape index (κ3) is 4.41. The van der Waals surface area contributed by atoms with Crippen LogP contribution in [0.2, 0.25) is 0 Å². The van der Waals surface area contributed by atoms with Crippen molar-refractivity contribution in [1.29, 1.82) is 0 Å². The largest absolute Gasteiger partial charge is 0.454 e. The number of hydrogen-bond acceptors (Lipinski definition) is 6. The first kappa shape index (κ1) is 20.9. The monoisotopic (exact) mass is 422 g/mol. The van der Waals surface area contributed by atoms with Crippen LogP contribution in [-0.4, -0.2) is 42.8 Å². The van der Waals surface area contributed by atoms with Crippen LogP contribution in [0.3, 0.4) is 0 Å². The first-order valence-corrected chi connectivity index (χ1v) is 10.4. The highest BCUT2D eigenvalue weighted by Gasteiger charge is 2.39. The number of rotatable bonds is 8. The number of imide groups is 1. The second kappa shape index (κ2) is 8.81. The number of carbonyl (C=O) groups is 2. The number of fused-ring (bicyclic) bond motifs is 1. The summed E-state index contributed by atoms with van der Waals surface area (Å²) in [6.07, 6.45) is 0.684. The number of carbonyl (C=O) groups excluding carboxylic acids is 2. The number of hydrogen-bond donors (Lipinski definition) is 1. The molecule has 2 aromatic rings. The summed E-state index contributed by atoms with van der Waals surface area (Å²) in [5.74, 6) is 0.602. The molecule has 1 N–H and O–H groups in total. The van der Waals surface area contributed by atoms with Crippen LogP contribution in [0.1, 0.15) is 31.4 Å². The van der Waals surface area contributed by atoms with Crippen molar-refractivity contribution in [3.05, 3.63) is 59.3 Å². The van der Waals surface area contributed by atoms with Gasteiger partial charge in [-0.05, 0) is 44.9 Å². The summed E-state index contributed by atoms with van der Waals surface area (Å²) >= 11 is 0. The lowest BCUT2D eigenvalue weighted by atomic mass is 10.0. The summed E-state index contributed by atoms with van der Waals surface area (Å²) in [6.45, 7) is 6.84. The van der Waals surface area contributed by atoms with Crippen LogP contribution < -0.4 is 14.8 Å². The highest BCUT2D eigenvalue weighted by Crippen LogP contribution is 2.36. The van der Waals surface area contributed by atoms with E-state index in [4.69, 9.17) is 14.2 Å². The highest BCUT2D eigenvalue weighted by atomic mass is 16.7. The molecular formula is C24H26N2O5. The average molecular weight is 422 g/mol. The predicted molar refractivity (Wildman–Crippen MR) is 117 cm³/mol. The van der Waals surface area contributed by atoms with E-state index in [1.807, 2.05) is 45.0 Å². The summed E-state index contributed by atoms with van der Waals surface area (Å²) < 4.78 is 16.3. The highest BCUT2D eigenvalue weighted by molar-refractivity contribution is 6.36. The third-order valence-corrected chi connectivity index (χ3v) is 5.13. The average Bonchev–Trinajstić information content (AvgIpc) is 3.29. The zero-order valence-electron chi connectivity index (χ0n) is 17.9. The quantitative estimate of drug-likeness (QED) is 0.516. The van der Waals surface area contributed by atoms with E-state index < -0.39 is 0 Å². The van der Waals surface area contributed by atoms with Gasteiger partial charge in [0.2, 0.25) is 6.79 Å². The smallest absolute Gasteiger partial charge is 0.278 e. The Kier molecular flexibility index (Phi) is 5.95. The van der Waals surface area contributed by atoms with Crippen LogP contribution in [0, 0.1) is 6.92 Å². The number of ether oxygens (including phenoxy) is 3. The second-order valence-electron chi connectivity index (χ2n) is 7.84. The molecule has 31 heavy (non-hydrogen) atoms. The predicted octanol–water partition coefficient (Wildman–Crippen LogP) is 3.73. The number of benzene rings is 2. The van der Waals surface area contributed by atoms with E-state index in [-0.39, 0.29) is 30.4 Å². The van der Waals surface area contributed by atoms with Crippen molar-refractivity contribution in [2.45, 2.75) is 33.3 Å². The molecule has 0 fully saturated rings. The van der Waals surface area contributed by atoms with Gasteiger partial charge in [0.1, 0.15) is 5.70 Å². The molecule has 0 spiro atoms. The van der Waals surface area contributed by atoms with Crippen LogP contribution in [-0.2, 0) is 14.3 Å². The molecule has 0 saturated heterocycles. The lowest BCUT2D eigenvalue weighted by molar-refractivity contribution is -0.137. The van der Waals surface area contributed by atoms with E-state index in [1.54, 1.807) is 18.2 Å². The van der Waals surface area contributed by atoms with Gasteiger partial charge in [-0.1, -0.05) is 29.8 Å². The molecule has 2 amide bonds. The normalized spacial score (nSPS) is 15.4. The topological polar surface area (TPSA) is 77.1 Å². The molecule has 162 valence electrons. The van der Waals surface area contributed by atoms with Gasteiger partial charge in [-0.15, -0.1) is 0 Å². The van der Waals surface area contributed by atoms with Gasteiger partial charge in [-0.2, -0.15) is 0 Å². The Bertz CT molecular complexity index is 1030. The van der Waals surface area contributed by atoms with Crippen molar-refractivity contribution in [2.75, 3.05) is 25.3 Å². The molecule has 0 saturated carbocycles. The summed E-state index contributed by atoms with van der Waals surface area (Å²) in [7, 11) is 0. The lowest BCUT2D eigenvalue weighted by Crippen LogP contribution is -2.34. The number of anilines is 1. The van der Waals surface area contributed by atoms with Crippen molar-refractivity contribution < 1.29 is 23.8 Å². The number of amides is 2. The molecule has 2 heterocycles. The molecular weight excluding hydrogens is 396 g/mol. The zero-order valence-corrected chi connectivity index (χ0v) is 17.9. The van der Waals surface area contributed by atoms with Crippen LogP contribution >= 0.6 is 0 Å².